The number of hydrogen-bond donors (Lipinski definition) is 0. The van der Waals surface area contributed by atoms with Crippen LogP contribution < -0.4 is 0 Å². The SMILES string of the molecule is Cc1ccc(C2CN(S(=O)(=O)Cc3ccc(F)cc3)CC(C)O2)cc1. The molecule has 6 heteroatoms. The van der Waals surface area contributed by atoms with Gasteiger partial charge < -0.3 is 4.74 Å². The highest BCUT2D eigenvalue weighted by molar-refractivity contribution is 7.88. The number of morpholine rings is 1. The van der Waals surface area contributed by atoms with Crippen LogP contribution in [0.3, 0.4) is 0 Å². The van der Waals surface area contributed by atoms with Gasteiger partial charge in [0, 0.05) is 13.1 Å². The zero-order chi connectivity index (χ0) is 18.0. The van der Waals surface area contributed by atoms with E-state index in [9.17, 15) is 12.8 Å². The Hall–Kier alpha value is -1.76. The quantitative estimate of drug-likeness (QED) is 0.836. The third-order valence-corrected chi connectivity index (χ3v) is 6.11. The zero-order valence-electron chi connectivity index (χ0n) is 14.4. The molecule has 0 spiro atoms. The summed E-state index contributed by atoms with van der Waals surface area (Å²) in [5, 5.41) is 0. The molecule has 1 saturated heterocycles. The van der Waals surface area contributed by atoms with Crippen LogP contribution in [0.4, 0.5) is 4.39 Å². The summed E-state index contributed by atoms with van der Waals surface area (Å²) < 4.78 is 46.0. The molecule has 4 nitrogen and oxygen atoms in total. The summed E-state index contributed by atoms with van der Waals surface area (Å²) in [6.07, 6.45) is -0.476. The summed E-state index contributed by atoms with van der Waals surface area (Å²) in [5.41, 5.74) is 2.69. The minimum Gasteiger partial charge on any atom is -0.368 e. The molecule has 1 aliphatic rings. The standard InChI is InChI=1S/C19H22FNO3S/c1-14-3-7-17(8-4-14)19-12-21(11-15(2)24-19)25(22,23)13-16-5-9-18(20)10-6-16/h3-10,15,19H,11-13H2,1-2H3. The van der Waals surface area contributed by atoms with Gasteiger partial charge in [0.1, 0.15) is 5.82 Å². The van der Waals surface area contributed by atoms with Crippen molar-refractivity contribution in [3.8, 4) is 0 Å². The molecule has 134 valence electrons. The Kier molecular flexibility index (Phi) is 5.22. The summed E-state index contributed by atoms with van der Waals surface area (Å²) in [5.74, 6) is -0.513. The molecule has 0 aliphatic carbocycles. The van der Waals surface area contributed by atoms with E-state index in [0.717, 1.165) is 11.1 Å². The minimum atomic E-state index is -3.50. The fourth-order valence-electron chi connectivity index (χ4n) is 2.99. The molecule has 2 atom stereocenters. The monoisotopic (exact) mass is 363 g/mol. The summed E-state index contributed by atoms with van der Waals surface area (Å²) >= 11 is 0. The zero-order valence-corrected chi connectivity index (χ0v) is 15.2. The molecule has 0 N–H and O–H groups in total. The van der Waals surface area contributed by atoms with Gasteiger partial charge in [0.05, 0.1) is 18.0 Å². The molecule has 0 aromatic heterocycles. The predicted molar refractivity (Wildman–Crippen MR) is 95.1 cm³/mol. The Bertz CT molecular complexity index is 819. The van der Waals surface area contributed by atoms with E-state index in [1.54, 1.807) is 0 Å². The van der Waals surface area contributed by atoms with Crippen molar-refractivity contribution in [1.82, 2.24) is 4.31 Å². The second-order valence-corrected chi connectivity index (χ2v) is 8.51. The van der Waals surface area contributed by atoms with Gasteiger partial charge in [-0.25, -0.2) is 12.8 Å². The number of benzene rings is 2. The Morgan fingerprint density at radius 2 is 1.72 bits per heavy atom. The van der Waals surface area contributed by atoms with Crippen molar-refractivity contribution in [3.63, 3.8) is 0 Å². The number of aryl methyl sites for hydroxylation is 1. The highest BCUT2D eigenvalue weighted by Crippen LogP contribution is 2.28. The third kappa shape index (κ3) is 4.45. The molecule has 0 radical (unpaired) electrons. The Morgan fingerprint density at radius 3 is 2.36 bits per heavy atom. The average Bonchev–Trinajstić information content (AvgIpc) is 2.57. The van der Waals surface area contributed by atoms with Gasteiger partial charge >= 0.3 is 0 Å². The average molecular weight is 363 g/mol. The van der Waals surface area contributed by atoms with Crippen LogP contribution in [0.5, 0.6) is 0 Å². The van der Waals surface area contributed by atoms with E-state index in [1.807, 2.05) is 38.1 Å². The largest absolute Gasteiger partial charge is 0.368 e. The van der Waals surface area contributed by atoms with Crippen LogP contribution >= 0.6 is 0 Å². The highest BCUT2D eigenvalue weighted by Gasteiger charge is 2.33. The molecular formula is C19H22FNO3S. The molecule has 3 rings (SSSR count). The van der Waals surface area contributed by atoms with Crippen LogP contribution in [-0.2, 0) is 20.5 Å². The van der Waals surface area contributed by atoms with Crippen molar-refractivity contribution in [2.45, 2.75) is 31.8 Å². The van der Waals surface area contributed by atoms with Gasteiger partial charge in [-0.1, -0.05) is 42.0 Å². The van der Waals surface area contributed by atoms with Crippen molar-refractivity contribution < 1.29 is 17.5 Å². The van der Waals surface area contributed by atoms with Gasteiger partial charge in [-0.15, -0.1) is 0 Å². The van der Waals surface area contributed by atoms with Crippen molar-refractivity contribution in [2.24, 2.45) is 0 Å². The number of sulfonamides is 1. The third-order valence-electron chi connectivity index (χ3n) is 4.33. The number of halogens is 1. The minimum absolute atomic E-state index is 0.138. The van der Waals surface area contributed by atoms with E-state index in [2.05, 4.69) is 0 Å². The van der Waals surface area contributed by atoms with E-state index in [0.29, 0.717) is 12.1 Å². The van der Waals surface area contributed by atoms with Gasteiger partial charge in [0.2, 0.25) is 10.0 Å². The fourth-order valence-corrected chi connectivity index (χ4v) is 4.58. The fraction of sp³-hybridized carbons (Fsp3) is 0.368. The Morgan fingerprint density at radius 1 is 1.08 bits per heavy atom. The second kappa shape index (κ2) is 7.23. The molecule has 1 heterocycles. The van der Waals surface area contributed by atoms with Crippen molar-refractivity contribution in [1.29, 1.82) is 0 Å². The predicted octanol–water partition coefficient (Wildman–Crippen LogP) is 3.43. The second-order valence-electron chi connectivity index (χ2n) is 6.55. The first-order valence-corrected chi connectivity index (χ1v) is 9.89. The number of rotatable bonds is 4. The maximum atomic E-state index is 13.0. The summed E-state index contributed by atoms with van der Waals surface area (Å²) in [4.78, 5) is 0. The number of ether oxygens (including phenoxy) is 1. The molecule has 25 heavy (non-hydrogen) atoms. The van der Waals surface area contributed by atoms with Crippen LogP contribution in [0, 0.1) is 12.7 Å². The summed E-state index contributed by atoms with van der Waals surface area (Å²) in [6, 6.07) is 13.5. The summed E-state index contributed by atoms with van der Waals surface area (Å²) in [7, 11) is -3.50. The lowest BCUT2D eigenvalue weighted by atomic mass is 10.1. The van der Waals surface area contributed by atoms with Crippen LogP contribution in [0.25, 0.3) is 0 Å². The van der Waals surface area contributed by atoms with E-state index < -0.39 is 10.0 Å². The molecule has 0 saturated carbocycles. The highest BCUT2D eigenvalue weighted by atomic mass is 32.2. The molecule has 2 unspecified atom stereocenters. The van der Waals surface area contributed by atoms with Crippen molar-refractivity contribution in [2.75, 3.05) is 13.1 Å². The van der Waals surface area contributed by atoms with Gasteiger partial charge in [-0.2, -0.15) is 4.31 Å². The van der Waals surface area contributed by atoms with Crippen molar-refractivity contribution >= 4 is 10.0 Å². The van der Waals surface area contributed by atoms with Crippen LogP contribution in [0.1, 0.15) is 29.7 Å². The molecule has 2 aromatic rings. The molecule has 0 bridgehead atoms. The van der Waals surface area contributed by atoms with E-state index in [1.165, 1.54) is 28.6 Å². The normalized spacial score (nSPS) is 22.0. The topological polar surface area (TPSA) is 46.6 Å². The van der Waals surface area contributed by atoms with Crippen molar-refractivity contribution in [3.05, 3.63) is 71.0 Å². The maximum absolute atomic E-state index is 13.0. The first kappa shape index (κ1) is 18.0. The van der Waals surface area contributed by atoms with Crippen LogP contribution in [0.2, 0.25) is 0 Å². The van der Waals surface area contributed by atoms with Crippen LogP contribution in [-0.4, -0.2) is 31.9 Å². The lowest BCUT2D eigenvalue weighted by Crippen LogP contribution is -2.46. The van der Waals surface area contributed by atoms with E-state index in [4.69, 9.17) is 4.74 Å². The van der Waals surface area contributed by atoms with Gasteiger partial charge in [-0.3, -0.25) is 0 Å². The first-order chi connectivity index (χ1) is 11.8. The smallest absolute Gasteiger partial charge is 0.218 e. The maximum Gasteiger partial charge on any atom is 0.218 e. The molecule has 2 aromatic carbocycles. The molecule has 0 amide bonds. The Balaban J connectivity index is 1.78. The summed E-state index contributed by atoms with van der Waals surface area (Å²) in [6.45, 7) is 4.50. The number of nitrogens with zero attached hydrogens (tertiary/aromatic N) is 1. The van der Waals surface area contributed by atoms with E-state index in [-0.39, 0.29) is 30.3 Å². The molecular weight excluding hydrogens is 341 g/mol. The lowest BCUT2D eigenvalue weighted by Gasteiger charge is -2.36. The lowest BCUT2D eigenvalue weighted by molar-refractivity contribution is -0.0557. The molecule has 1 fully saturated rings. The number of hydrogen-bond acceptors (Lipinski definition) is 3. The van der Waals surface area contributed by atoms with E-state index >= 15 is 0 Å². The van der Waals surface area contributed by atoms with Gasteiger partial charge in [0.15, 0.2) is 0 Å². The first-order valence-electron chi connectivity index (χ1n) is 8.28. The Labute approximate surface area is 148 Å². The van der Waals surface area contributed by atoms with Gasteiger partial charge in [-0.05, 0) is 37.1 Å². The van der Waals surface area contributed by atoms with Gasteiger partial charge in [0.25, 0.3) is 0 Å². The van der Waals surface area contributed by atoms with Crippen LogP contribution in [0.15, 0.2) is 48.5 Å². The molecule has 1 aliphatic heterocycles.